The van der Waals surface area contributed by atoms with Crippen LogP contribution in [0.25, 0.3) is 0 Å². The maximum absolute atomic E-state index is 11.9. The van der Waals surface area contributed by atoms with Crippen molar-refractivity contribution in [3.05, 3.63) is 71.3 Å². The lowest BCUT2D eigenvalue weighted by Gasteiger charge is -2.19. The zero-order chi connectivity index (χ0) is 15.9. The normalized spacial score (nSPS) is 11.7. The molecule has 2 aromatic carbocycles. The zero-order valence-electron chi connectivity index (χ0n) is 12.4. The SMILES string of the molecule is CCOC(=O)CC(c1ccccc1)c1ccccc1C(=O)O. The molecule has 0 saturated carbocycles. The largest absolute Gasteiger partial charge is 0.478 e. The van der Waals surface area contributed by atoms with E-state index in [1.54, 1.807) is 31.2 Å². The fourth-order valence-electron chi connectivity index (χ4n) is 2.47. The lowest BCUT2D eigenvalue weighted by molar-refractivity contribution is -0.143. The van der Waals surface area contributed by atoms with Gasteiger partial charge in [0.25, 0.3) is 0 Å². The summed E-state index contributed by atoms with van der Waals surface area (Å²) in [5.74, 6) is -1.68. The number of carbonyl (C=O) groups excluding carboxylic acids is 1. The third kappa shape index (κ3) is 3.73. The van der Waals surface area contributed by atoms with E-state index < -0.39 is 5.97 Å². The minimum absolute atomic E-state index is 0.113. The summed E-state index contributed by atoms with van der Waals surface area (Å²) < 4.78 is 5.03. The summed E-state index contributed by atoms with van der Waals surface area (Å²) in [5.41, 5.74) is 1.72. The van der Waals surface area contributed by atoms with Crippen molar-refractivity contribution in [2.75, 3.05) is 6.61 Å². The summed E-state index contributed by atoms with van der Waals surface area (Å²) in [6.07, 6.45) is 0.113. The Bertz CT molecular complexity index is 649. The first-order valence-corrected chi connectivity index (χ1v) is 7.16. The van der Waals surface area contributed by atoms with E-state index in [2.05, 4.69) is 0 Å². The molecule has 1 unspecified atom stereocenters. The highest BCUT2D eigenvalue weighted by atomic mass is 16.5. The minimum atomic E-state index is -1.000. The number of hydrogen-bond donors (Lipinski definition) is 1. The van der Waals surface area contributed by atoms with E-state index in [4.69, 9.17) is 4.74 Å². The number of carbonyl (C=O) groups is 2. The second-order valence-corrected chi connectivity index (χ2v) is 4.86. The van der Waals surface area contributed by atoms with Crippen molar-refractivity contribution in [1.82, 2.24) is 0 Å². The number of hydrogen-bond acceptors (Lipinski definition) is 3. The molecule has 0 radical (unpaired) electrons. The lowest BCUT2D eigenvalue weighted by atomic mass is 9.86. The van der Waals surface area contributed by atoms with E-state index in [-0.39, 0.29) is 23.9 Å². The average molecular weight is 298 g/mol. The summed E-state index contributed by atoms with van der Waals surface area (Å²) in [5, 5.41) is 9.38. The number of ether oxygens (including phenoxy) is 1. The number of benzene rings is 2. The second-order valence-electron chi connectivity index (χ2n) is 4.86. The van der Waals surface area contributed by atoms with E-state index >= 15 is 0 Å². The van der Waals surface area contributed by atoms with Gasteiger partial charge in [-0.15, -0.1) is 0 Å². The van der Waals surface area contributed by atoms with E-state index in [1.165, 1.54) is 0 Å². The van der Waals surface area contributed by atoms with E-state index in [1.807, 2.05) is 30.3 Å². The average Bonchev–Trinajstić information content (AvgIpc) is 2.53. The van der Waals surface area contributed by atoms with Crippen LogP contribution in [0.1, 0.15) is 40.7 Å². The van der Waals surface area contributed by atoms with Gasteiger partial charge in [-0.1, -0.05) is 48.5 Å². The smallest absolute Gasteiger partial charge is 0.335 e. The molecule has 114 valence electrons. The molecule has 22 heavy (non-hydrogen) atoms. The number of aromatic carboxylic acids is 1. The first-order chi connectivity index (χ1) is 10.6. The van der Waals surface area contributed by atoms with E-state index in [9.17, 15) is 14.7 Å². The van der Waals surface area contributed by atoms with E-state index in [0.717, 1.165) is 5.56 Å². The Labute approximate surface area is 129 Å². The first kappa shape index (κ1) is 15.8. The molecule has 0 spiro atoms. The Morgan fingerprint density at radius 2 is 1.68 bits per heavy atom. The Kier molecular flexibility index (Phi) is 5.31. The fraction of sp³-hybridized carbons (Fsp3) is 0.222. The number of rotatable bonds is 6. The van der Waals surface area contributed by atoms with Gasteiger partial charge in [0.1, 0.15) is 0 Å². The van der Waals surface area contributed by atoms with Gasteiger partial charge >= 0.3 is 11.9 Å². The quantitative estimate of drug-likeness (QED) is 0.829. The van der Waals surface area contributed by atoms with Crippen molar-refractivity contribution >= 4 is 11.9 Å². The fourth-order valence-corrected chi connectivity index (χ4v) is 2.47. The van der Waals surface area contributed by atoms with Gasteiger partial charge < -0.3 is 9.84 Å². The molecule has 4 heteroatoms. The minimum Gasteiger partial charge on any atom is -0.478 e. The third-order valence-corrected chi connectivity index (χ3v) is 3.44. The maximum Gasteiger partial charge on any atom is 0.335 e. The Morgan fingerprint density at radius 1 is 1.05 bits per heavy atom. The van der Waals surface area contributed by atoms with Gasteiger partial charge in [-0.2, -0.15) is 0 Å². The molecule has 0 heterocycles. The molecule has 0 bridgehead atoms. The van der Waals surface area contributed by atoms with Crippen molar-refractivity contribution in [2.24, 2.45) is 0 Å². The summed E-state index contributed by atoms with van der Waals surface area (Å²) in [6.45, 7) is 2.06. The van der Waals surface area contributed by atoms with Crippen molar-refractivity contribution in [2.45, 2.75) is 19.3 Å². The van der Waals surface area contributed by atoms with Crippen LogP contribution in [0.4, 0.5) is 0 Å². The van der Waals surface area contributed by atoms with Crippen molar-refractivity contribution in [1.29, 1.82) is 0 Å². The van der Waals surface area contributed by atoms with Crippen LogP contribution in [0, 0.1) is 0 Å². The van der Waals surface area contributed by atoms with Gasteiger partial charge in [-0.05, 0) is 24.1 Å². The van der Waals surface area contributed by atoms with Crippen LogP contribution in [0.15, 0.2) is 54.6 Å². The first-order valence-electron chi connectivity index (χ1n) is 7.16. The van der Waals surface area contributed by atoms with Crippen LogP contribution >= 0.6 is 0 Å². The van der Waals surface area contributed by atoms with Crippen LogP contribution in [0.2, 0.25) is 0 Å². The highest BCUT2D eigenvalue weighted by Gasteiger charge is 2.23. The van der Waals surface area contributed by atoms with Gasteiger partial charge in [-0.3, -0.25) is 4.79 Å². The molecule has 0 saturated heterocycles. The number of carboxylic acids is 1. The second kappa shape index (κ2) is 7.41. The molecule has 2 aromatic rings. The topological polar surface area (TPSA) is 63.6 Å². The zero-order valence-corrected chi connectivity index (χ0v) is 12.4. The van der Waals surface area contributed by atoms with Crippen molar-refractivity contribution in [3.8, 4) is 0 Å². The molecule has 4 nitrogen and oxygen atoms in total. The Balaban J connectivity index is 2.45. The molecule has 0 fully saturated rings. The van der Waals surface area contributed by atoms with Crippen LogP contribution in [-0.2, 0) is 9.53 Å². The van der Waals surface area contributed by atoms with Crippen molar-refractivity contribution < 1.29 is 19.4 Å². The van der Waals surface area contributed by atoms with E-state index in [0.29, 0.717) is 12.2 Å². The highest BCUT2D eigenvalue weighted by Crippen LogP contribution is 2.31. The van der Waals surface area contributed by atoms with Crippen LogP contribution in [-0.4, -0.2) is 23.7 Å². The number of carboxylic acid groups (broad SMARTS) is 1. The molecule has 0 aliphatic rings. The van der Waals surface area contributed by atoms with Crippen LogP contribution in [0.3, 0.4) is 0 Å². The van der Waals surface area contributed by atoms with Gasteiger partial charge in [0.15, 0.2) is 0 Å². The summed E-state index contributed by atoms with van der Waals surface area (Å²) >= 11 is 0. The summed E-state index contributed by atoms with van der Waals surface area (Å²) in [4.78, 5) is 23.4. The van der Waals surface area contributed by atoms with Gasteiger partial charge in [0, 0.05) is 5.92 Å². The van der Waals surface area contributed by atoms with Gasteiger partial charge in [0.05, 0.1) is 18.6 Å². The molecule has 0 aromatic heterocycles. The molecule has 1 N–H and O–H groups in total. The maximum atomic E-state index is 11.9. The van der Waals surface area contributed by atoms with Crippen LogP contribution < -0.4 is 0 Å². The van der Waals surface area contributed by atoms with Crippen LogP contribution in [0.5, 0.6) is 0 Å². The molecular weight excluding hydrogens is 280 g/mol. The predicted molar refractivity (Wildman–Crippen MR) is 82.9 cm³/mol. The summed E-state index contributed by atoms with van der Waals surface area (Å²) in [6, 6.07) is 16.2. The standard InChI is InChI=1S/C18H18O4/c1-2-22-17(19)12-16(13-8-4-3-5-9-13)14-10-6-7-11-15(14)18(20)21/h3-11,16H,2,12H2,1H3,(H,20,21). The number of esters is 1. The van der Waals surface area contributed by atoms with Gasteiger partial charge in [0.2, 0.25) is 0 Å². The molecule has 2 rings (SSSR count). The highest BCUT2D eigenvalue weighted by molar-refractivity contribution is 5.90. The Hall–Kier alpha value is -2.62. The third-order valence-electron chi connectivity index (χ3n) is 3.44. The molecule has 0 aliphatic heterocycles. The summed E-state index contributed by atoms with van der Waals surface area (Å²) in [7, 11) is 0. The lowest BCUT2D eigenvalue weighted by Crippen LogP contribution is -2.14. The molecule has 0 amide bonds. The molecule has 0 aliphatic carbocycles. The van der Waals surface area contributed by atoms with Crippen molar-refractivity contribution in [3.63, 3.8) is 0 Å². The monoisotopic (exact) mass is 298 g/mol. The Morgan fingerprint density at radius 3 is 2.32 bits per heavy atom. The molecular formula is C18H18O4. The van der Waals surface area contributed by atoms with Gasteiger partial charge in [-0.25, -0.2) is 4.79 Å². The molecule has 1 atom stereocenters. The predicted octanol–water partition coefficient (Wildman–Crippen LogP) is 3.47.